The Morgan fingerprint density at radius 1 is 1.50 bits per heavy atom. The van der Waals surface area contributed by atoms with Crippen LogP contribution in [0.5, 0.6) is 0 Å². The first-order chi connectivity index (χ1) is 4.56. The molecular weight excluding hydrogens is 150 g/mol. The van der Waals surface area contributed by atoms with Gasteiger partial charge in [-0.25, -0.2) is 5.14 Å². The fourth-order valence-electron chi connectivity index (χ4n) is 0.417. The van der Waals surface area contributed by atoms with E-state index in [1.165, 1.54) is 0 Å². The molecule has 0 fully saturated rings. The molecule has 0 unspecified atom stereocenters. The van der Waals surface area contributed by atoms with Crippen molar-refractivity contribution < 1.29 is 8.42 Å². The Balaban J connectivity index is 3.72. The van der Waals surface area contributed by atoms with E-state index in [4.69, 9.17) is 0 Å². The van der Waals surface area contributed by atoms with Crippen molar-refractivity contribution in [2.24, 2.45) is 5.14 Å². The Hall–Kier alpha value is -0.530. The number of sulfonamides is 1. The van der Waals surface area contributed by atoms with Crippen LogP contribution in [0.2, 0.25) is 0 Å². The number of rotatable bonds is 2. The fourth-order valence-corrected chi connectivity index (χ4v) is 0.720. The summed E-state index contributed by atoms with van der Waals surface area (Å²) in [5.74, 6) is 2.46. The molecule has 0 aromatic carbocycles. The molecule has 2 N–H and O–H groups in total. The number of primary sulfonamides is 1. The zero-order valence-corrected chi connectivity index (χ0v) is 6.74. The summed E-state index contributed by atoms with van der Waals surface area (Å²) in [6, 6.07) is 0. The van der Waals surface area contributed by atoms with E-state index < -0.39 is 10.0 Å². The van der Waals surface area contributed by atoms with Crippen LogP contribution in [0.3, 0.4) is 0 Å². The molecule has 4 heteroatoms. The third kappa shape index (κ3) is 7.47. The van der Waals surface area contributed by atoms with E-state index >= 15 is 0 Å². The molecule has 0 amide bonds. The quantitative estimate of drug-likeness (QED) is 0.471. The van der Waals surface area contributed by atoms with Crippen LogP contribution in [0.15, 0.2) is 0 Å². The summed E-state index contributed by atoms with van der Waals surface area (Å²) in [6.07, 6.45) is 2.54. The van der Waals surface area contributed by atoms with Crippen LogP contribution in [0.1, 0.15) is 26.2 Å². The molecule has 0 saturated carbocycles. The van der Waals surface area contributed by atoms with Gasteiger partial charge < -0.3 is 0 Å². The van der Waals surface area contributed by atoms with Gasteiger partial charge in [-0.2, -0.15) is 8.42 Å². The zero-order valence-electron chi connectivity index (χ0n) is 5.92. The van der Waals surface area contributed by atoms with E-state index in [9.17, 15) is 8.42 Å². The zero-order chi connectivity index (χ0) is 8.04. The molecule has 0 saturated heterocycles. The van der Waals surface area contributed by atoms with Crippen molar-refractivity contribution in [1.29, 1.82) is 0 Å². The average molecular weight is 161 g/mol. The first-order valence-electron chi connectivity index (χ1n) is 3.08. The summed E-state index contributed by atoms with van der Waals surface area (Å²) in [4.78, 5) is 0. The molecule has 0 spiro atoms. The average Bonchev–Trinajstić information content (AvgIpc) is 1.78. The van der Waals surface area contributed by atoms with Gasteiger partial charge in [0, 0.05) is 11.7 Å². The number of unbranched alkanes of at least 4 members (excludes halogenated alkanes) is 2. The summed E-state index contributed by atoms with van der Waals surface area (Å²) in [6.45, 7) is 2.01. The molecule has 58 valence electrons. The van der Waals surface area contributed by atoms with Crippen molar-refractivity contribution in [3.8, 4) is 11.2 Å². The second kappa shape index (κ2) is 4.31. The van der Waals surface area contributed by atoms with Crippen molar-refractivity contribution in [3.63, 3.8) is 0 Å². The fraction of sp³-hybridized carbons (Fsp3) is 0.667. The molecular formula is C6H11NO2S. The number of hydrogen-bond donors (Lipinski definition) is 1. The van der Waals surface area contributed by atoms with Gasteiger partial charge >= 0.3 is 0 Å². The molecule has 10 heavy (non-hydrogen) atoms. The van der Waals surface area contributed by atoms with Crippen molar-refractivity contribution in [2.45, 2.75) is 26.2 Å². The highest BCUT2D eigenvalue weighted by molar-refractivity contribution is 7.93. The van der Waals surface area contributed by atoms with E-state index in [2.05, 4.69) is 11.1 Å². The molecule has 0 aliphatic heterocycles. The molecule has 0 bridgehead atoms. The highest BCUT2D eigenvalue weighted by Gasteiger charge is 1.89. The monoisotopic (exact) mass is 161 g/mol. The second-order valence-electron chi connectivity index (χ2n) is 1.93. The molecule has 0 radical (unpaired) electrons. The van der Waals surface area contributed by atoms with Crippen molar-refractivity contribution >= 4 is 10.0 Å². The Bertz CT molecular complexity index is 232. The lowest BCUT2D eigenvalue weighted by atomic mass is 10.3. The summed E-state index contributed by atoms with van der Waals surface area (Å²) < 4.78 is 20.4. The molecule has 0 atom stereocenters. The van der Waals surface area contributed by atoms with Crippen LogP contribution in [-0.4, -0.2) is 8.42 Å². The maximum atomic E-state index is 10.2. The largest absolute Gasteiger partial charge is 0.277 e. The normalized spacial score (nSPS) is 10.2. The maximum Gasteiger partial charge on any atom is 0.277 e. The van der Waals surface area contributed by atoms with Gasteiger partial charge in [0.2, 0.25) is 0 Å². The maximum absolute atomic E-state index is 10.2. The number of hydrogen-bond acceptors (Lipinski definition) is 2. The van der Waals surface area contributed by atoms with Crippen LogP contribution < -0.4 is 5.14 Å². The van der Waals surface area contributed by atoms with Crippen molar-refractivity contribution in [1.82, 2.24) is 0 Å². The van der Waals surface area contributed by atoms with E-state index in [1.54, 1.807) is 0 Å². The van der Waals surface area contributed by atoms with Gasteiger partial charge in [0.15, 0.2) is 0 Å². The van der Waals surface area contributed by atoms with Gasteiger partial charge in [0.1, 0.15) is 0 Å². The van der Waals surface area contributed by atoms with Crippen molar-refractivity contribution in [3.05, 3.63) is 0 Å². The summed E-state index contributed by atoms with van der Waals surface area (Å²) >= 11 is 0. The van der Waals surface area contributed by atoms with Crippen LogP contribution >= 0.6 is 0 Å². The molecule has 0 aliphatic rings. The topological polar surface area (TPSA) is 60.2 Å². The van der Waals surface area contributed by atoms with Crippen LogP contribution in [0.4, 0.5) is 0 Å². The van der Waals surface area contributed by atoms with Gasteiger partial charge in [0.05, 0.1) is 0 Å². The molecule has 0 rings (SSSR count). The lowest BCUT2D eigenvalue weighted by Gasteiger charge is -1.82. The lowest BCUT2D eigenvalue weighted by molar-refractivity contribution is 0.607. The van der Waals surface area contributed by atoms with Gasteiger partial charge in [-0.05, 0) is 6.42 Å². The highest BCUT2D eigenvalue weighted by Crippen LogP contribution is 1.90. The van der Waals surface area contributed by atoms with Gasteiger partial charge in [0.25, 0.3) is 10.0 Å². The molecule has 0 heterocycles. The van der Waals surface area contributed by atoms with Crippen LogP contribution in [0.25, 0.3) is 0 Å². The third-order valence-corrected chi connectivity index (χ3v) is 1.30. The summed E-state index contributed by atoms with van der Waals surface area (Å²) in [5.41, 5.74) is 0. The minimum absolute atomic E-state index is 0.604. The van der Waals surface area contributed by atoms with Gasteiger partial charge in [-0.1, -0.05) is 19.3 Å². The number of nitrogens with two attached hydrogens (primary N) is 1. The van der Waals surface area contributed by atoms with E-state index in [0.717, 1.165) is 12.8 Å². The van der Waals surface area contributed by atoms with Gasteiger partial charge in [-0.15, -0.1) is 0 Å². The van der Waals surface area contributed by atoms with Crippen molar-refractivity contribution in [2.75, 3.05) is 0 Å². The second-order valence-corrected chi connectivity index (χ2v) is 3.22. The van der Waals surface area contributed by atoms with Gasteiger partial charge in [-0.3, -0.25) is 0 Å². The van der Waals surface area contributed by atoms with E-state index in [1.807, 2.05) is 12.2 Å². The molecule has 3 nitrogen and oxygen atoms in total. The third-order valence-electron chi connectivity index (χ3n) is 0.870. The minimum Gasteiger partial charge on any atom is -0.218 e. The first-order valence-corrected chi connectivity index (χ1v) is 4.63. The van der Waals surface area contributed by atoms with E-state index in [0.29, 0.717) is 6.42 Å². The Morgan fingerprint density at radius 3 is 2.50 bits per heavy atom. The van der Waals surface area contributed by atoms with E-state index in [-0.39, 0.29) is 0 Å². The minimum atomic E-state index is -3.57. The lowest BCUT2D eigenvalue weighted by Crippen LogP contribution is -2.07. The smallest absolute Gasteiger partial charge is 0.218 e. The Morgan fingerprint density at radius 2 is 2.10 bits per heavy atom. The first kappa shape index (κ1) is 9.47. The van der Waals surface area contributed by atoms with Crippen LogP contribution in [-0.2, 0) is 10.0 Å². The Labute approximate surface area is 61.7 Å². The standard InChI is InChI=1S/C6H11NO2S/c1-2-3-4-5-6-10(7,8)9/h2-4H2,1H3,(H2,7,8,9). The molecule has 0 aliphatic carbocycles. The molecule has 0 aromatic heterocycles. The summed E-state index contributed by atoms with van der Waals surface area (Å²) in [7, 11) is -3.57. The molecule has 0 aromatic rings. The SMILES string of the molecule is CCCCC#CS(N)(=O)=O. The summed E-state index contributed by atoms with van der Waals surface area (Å²) in [5, 5.41) is 6.57. The highest BCUT2D eigenvalue weighted by atomic mass is 32.2. The Kier molecular flexibility index (Phi) is 4.08. The van der Waals surface area contributed by atoms with Crippen LogP contribution in [0, 0.1) is 11.2 Å². The predicted molar refractivity (Wildman–Crippen MR) is 40.4 cm³/mol. The predicted octanol–water partition coefficient (Wildman–Crippen LogP) is 0.426.